The fourth-order valence-corrected chi connectivity index (χ4v) is 3.09. The van der Waals surface area contributed by atoms with E-state index in [2.05, 4.69) is 48.5 Å². The van der Waals surface area contributed by atoms with E-state index in [1.807, 2.05) is 13.8 Å². The van der Waals surface area contributed by atoms with Gasteiger partial charge in [-0.25, -0.2) is 0 Å². The summed E-state index contributed by atoms with van der Waals surface area (Å²) in [4.78, 5) is 11.7. The summed E-state index contributed by atoms with van der Waals surface area (Å²) in [6.45, 7) is 3.86. The van der Waals surface area contributed by atoms with Crippen LogP contribution in [0.25, 0.3) is 11.1 Å². The molecular weight excluding hydrogens is 246 g/mol. The molecule has 2 aromatic carbocycles. The molecule has 0 fully saturated rings. The Balaban J connectivity index is 2.10. The molecule has 102 valence electrons. The second-order valence-corrected chi connectivity index (χ2v) is 6.18. The van der Waals surface area contributed by atoms with E-state index in [4.69, 9.17) is 5.73 Å². The van der Waals surface area contributed by atoms with Crippen LogP contribution >= 0.6 is 0 Å². The number of hydrogen-bond donors (Lipinski definition) is 1. The molecule has 2 aromatic rings. The monoisotopic (exact) mass is 265 g/mol. The van der Waals surface area contributed by atoms with E-state index >= 15 is 0 Å². The van der Waals surface area contributed by atoms with Gasteiger partial charge in [0, 0.05) is 11.3 Å². The lowest BCUT2D eigenvalue weighted by Gasteiger charge is -2.25. The Morgan fingerprint density at radius 3 is 1.90 bits per heavy atom. The molecule has 20 heavy (non-hydrogen) atoms. The van der Waals surface area contributed by atoms with Crippen LogP contribution in [0.15, 0.2) is 48.5 Å². The maximum atomic E-state index is 11.7. The molecule has 2 nitrogen and oxygen atoms in total. The summed E-state index contributed by atoms with van der Waals surface area (Å²) in [5.41, 5.74) is 10.2. The summed E-state index contributed by atoms with van der Waals surface area (Å²) >= 11 is 0. The first-order valence-electron chi connectivity index (χ1n) is 6.99. The molecule has 0 bridgehead atoms. The van der Waals surface area contributed by atoms with Crippen LogP contribution in [0.1, 0.15) is 37.3 Å². The van der Waals surface area contributed by atoms with Crippen LogP contribution in [-0.2, 0) is 4.79 Å². The highest BCUT2D eigenvalue weighted by molar-refractivity contribution is 5.82. The van der Waals surface area contributed by atoms with Crippen molar-refractivity contribution in [2.75, 3.05) is 0 Å². The third-order valence-electron chi connectivity index (χ3n) is 4.34. The SMILES string of the molecule is CC(C)(CC1c2ccccc2-c2ccccc21)C(N)=O. The molecule has 0 saturated heterocycles. The number of carbonyl (C=O) groups excluding carboxylic acids is 1. The normalized spacial score (nSPS) is 13.9. The van der Waals surface area contributed by atoms with Gasteiger partial charge in [0.05, 0.1) is 0 Å². The number of fused-ring (bicyclic) bond motifs is 3. The minimum Gasteiger partial charge on any atom is -0.369 e. The number of carbonyl (C=O) groups is 1. The highest BCUT2D eigenvalue weighted by Gasteiger charge is 2.35. The zero-order valence-electron chi connectivity index (χ0n) is 11.9. The van der Waals surface area contributed by atoms with E-state index < -0.39 is 5.41 Å². The number of benzene rings is 2. The van der Waals surface area contributed by atoms with Gasteiger partial charge in [-0.15, -0.1) is 0 Å². The first-order valence-corrected chi connectivity index (χ1v) is 6.99. The van der Waals surface area contributed by atoms with Gasteiger partial charge in [0.2, 0.25) is 5.91 Å². The highest BCUT2D eigenvalue weighted by Crippen LogP contribution is 2.48. The quantitative estimate of drug-likeness (QED) is 0.903. The molecule has 0 aromatic heterocycles. The summed E-state index contributed by atoms with van der Waals surface area (Å²) in [5.74, 6) is 0.0178. The van der Waals surface area contributed by atoms with Crippen LogP contribution < -0.4 is 5.73 Å². The fourth-order valence-electron chi connectivity index (χ4n) is 3.09. The van der Waals surface area contributed by atoms with Crippen molar-refractivity contribution in [3.63, 3.8) is 0 Å². The van der Waals surface area contributed by atoms with Crippen LogP contribution in [0.5, 0.6) is 0 Å². The molecule has 0 atom stereocenters. The van der Waals surface area contributed by atoms with Crippen LogP contribution in [0.2, 0.25) is 0 Å². The van der Waals surface area contributed by atoms with Gasteiger partial charge in [-0.05, 0) is 28.7 Å². The standard InChI is InChI=1S/C18H19NO/c1-18(2,17(19)20)11-16-14-9-5-3-7-12(14)13-8-4-6-10-15(13)16/h3-10,16H,11H2,1-2H3,(H2,19,20). The zero-order chi connectivity index (χ0) is 14.3. The third kappa shape index (κ3) is 1.92. The maximum Gasteiger partial charge on any atom is 0.223 e. The molecular formula is C18H19NO. The largest absolute Gasteiger partial charge is 0.369 e. The lowest BCUT2D eigenvalue weighted by Crippen LogP contribution is -2.32. The average molecular weight is 265 g/mol. The van der Waals surface area contributed by atoms with Gasteiger partial charge in [-0.3, -0.25) is 4.79 Å². The summed E-state index contributed by atoms with van der Waals surface area (Å²) in [6.07, 6.45) is 0.746. The van der Waals surface area contributed by atoms with Gasteiger partial charge in [0.1, 0.15) is 0 Å². The van der Waals surface area contributed by atoms with Crippen molar-refractivity contribution in [2.45, 2.75) is 26.2 Å². The van der Waals surface area contributed by atoms with E-state index in [0.717, 1.165) is 6.42 Å². The van der Waals surface area contributed by atoms with Crippen molar-refractivity contribution in [2.24, 2.45) is 11.1 Å². The Bertz CT molecular complexity index is 627. The lowest BCUT2D eigenvalue weighted by atomic mass is 9.78. The second kappa shape index (κ2) is 4.48. The van der Waals surface area contributed by atoms with Gasteiger partial charge in [-0.1, -0.05) is 62.4 Å². The highest BCUT2D eigenvalue weighted by atomic mass is 16.1. The number of rotatable bonds is 3. The first kappa shape index (κ1) is 12.9. The fraction of sp³-hybridized carbons (Fsp3) is 0.278. The molecule has 1 aliphatic rings. The second-order valence-electron chi connectivity index (χ2n) is 6.18. The molecule has 2 N–H and O–H groups in total. The minimum atomic E-state index is -0.505. The van der Waals surface area contributed by atoms with Crippen molar-refractivity contribution in [1.29, 1.82) is 0 Å². The summed E-state index contributed by atoms with van der Waals surface area (Å²) in [6, 6.07) is 16.9. The van der Waals surface area contributed by atoms with Gasteiger partial charge in [0.15, 0.2) is 0 Å². The Labute approximate surface area is 119 Å². The zero-order valence-corrected chi connectivity index (χ0v) is 11.9. The van der Waals surface area contributed by atoms with Gasteiger partial charge < -0.3 is 5.73 Å². The number of amides is 1. The molecule has 2 heteroatoms. The van der Waals surface area contributed by atoms with Crippen LogP contribution in [0, 0.1) is 5.41 Å². The summed E-state index contributed by atoms with van der Waals surface area (Å²) in [7, 11) is 0. The van der Waals surface area contributed by atoms with Crippen LogP contribution in [0.4, 0.5) is 0 Å². The molecule has 0 spiro atoms. The van der Waals surface area contributed by atoms with Crippen molar-refractivity contribution in [3.8, 4) is 11.1 Å². The average Bonchev–Trinajstić information content (AvgIpc) is 2.74. The molecule has 0 radical (unpaired) electrons. The molecule has 3 rings (SSSR count). The van der Waals surface area contributed by atoms with Crippen molar-refractivity contribution >= 4 is 5.91 Å². The Hall–Kier alpha value is -2.09. The molecule has 1 amide bonds. The van der Waals surface area contributed by atoms with Gasteiger partial charge >= 0.3 is 0 Å². The van der Waals surface area contributed by atoms with E-state index in [1.165, 1.54) is 22.3 Å². The van der Waals surface area contributed by atoms with E-state index in [9.17, 15) is 4.79 Å². The van der Waals surface area contributed by atoms with Gasteiger partial charge in [-0.2, -0.15) is 0 Å². The van der Waals surface area contributed by atoms with Crippen molar-refractivity contribution < 1.29 is 4.79 Å². The summed E-state index contributed by atoms with van der Waals surface area (Å²) < 4.78 is 0. The Morgan fingerprint density at radius 1 is 1.00 bits per heavy atom. The van der Waals surface area contributed by atoms with Crippen molar-refractivity contribution in [3.05, 3.63) is 59.7 Å². The van der Waals surface area contributed by atoms with Gasteiger partial charge in [0.25, 0.3) is 0 Å². The Kier molecular flexibility index (Phi) is 2.89. The molecule has 0 unspecified atom stereocenters. The summed E-state index contributed by atoms with van der Waals surface area (Å²) in [5, 5.41) is 0. The third-order valence-corrected chi connectivity index (χ3v) is 4.34. The molecule has 0 aliphatic heterocycles. The minimum absolute atomic E-state index is 0.237. The molecule has 0 saturated carbocycles. The number of hydrogen-bond acceptors (Lipinski definition) is 1. The van der Waals surface area contributed by atoms with Crippen LogP contribution in [0.3, 0.4) is 0 Å². The predicted octanol–water partition coefficient (Wildman–Crippen LogP) is 3.70. The van der Waals surface area contributed by atoms with E-state index in [-0.39, 0.29) is 11.8 Å². The van der Waals surface area contributed by atoms with Crippen molar-refractivity contribution in [1.82, 2.24) is 0 Å². The van der Waals surface area contributed by atoms with E-state index in [0.29, 0.717) is 0 Å². The topological polar surface area (TPSA) is 43.1 Å². The molecule has 1 aliphatic carbocycles. The molecule has 0 heterocycles. The first-order chi connectivity index (χ1) is 9.50. The lowest BCUT2D eigenvalue weighted by molar-refractivity contribution is -0.126. The smallest absolute Gasteiger partial charge is 0.223 e. The number of primary amides is 1. The van der Waals surface area contributed by atoms with E-state index in [1.54, 1.807) is 0 Å². The predicted molar refractivity (Wildman–Crippen MR) is 81.3 cm³/mol. The maximum absolute atomic E-state index is 11.7. The van der Waals surface area contributed by atoms with Crippen LogP contribution in [-0.4, -0.2) is 5.91 Å². The number of nitrogens with two attached hydrogens (primary N) is 1. The Morgan fingerprint density at radius 2 is 1.45 bits per heavy atom.